The number of amides is 4. The zero-order chi connectivity index (χ0) is 19.6. The van der Waals surface area contributed by atoms with Crippen LogP contribution in [-0.4, -0.2) is 47.7 Å². The van der Waals surface area contributed by atoms with E-state index in [0.717, 1.165) is 18.0 Å². The van der Waals surface area contributed by atoms with Gasteiger partial charge in [0.2, 0.25) is 11.8 Å². The van der Waals surface area contributed by atoms with Crippen molar-refractivity contribution in [3.63, 3.8) is 0 Å². The molecule has 0 aliphatic carbocycles. The molecule has 27 heavy (non-hydrogen) atoms. The second kappa shape index (κ2) is 8.00. The van der Waals surface area contributed by atoms with E-state index in [1.54, 1.807) is 24.3 Å². The molecule has 2 unspecified atom stereocenters. The van der Waals surface area contributed by atoms with Crippen LogP contribution in [0.3, 0.4) is 0 Å². The van der Waals surface area contributed by atoms with E-state index in [2.05, 4.69) is 10.6 Å². The normalized spacial score (nSPS) is 19.6. The maximum absolute atomic E-state index is 12.9. The molecule has 0 aromatic heterocycles. The highest BCUT2D eigenvalue weighted by Gasteiger charge is 2.45. The molecular formula is C20H25N3O4. The zero-order valence-electron chi connectivity index (χ0n) is 15.7. The predicted octanol–water partition coefficient (Wildman–Crippen LogP) is 1.34. The first-order chi connectivity index (χ1) is 13.0. The van der Waals surface area contributed by atoms with Gasteiger partial charge in [0.25, 0.3) is 11.8 Å². The Morgan fingerprint density at radius 1 is 1.15 bits per heavy atom. The molecule has 4 amide bonds. The third-order valence-corrected chi connectivity index (χ3v) is 5.51. The van der Waals surface area contributed by atoms with Crippen molar-refractivity contribution in [2.75, 3.05) is 13.1 Å². The summed E-state index contributed by atoms with van der Waals surface area (Å²) in [6.07, 6.45) is 1.92. The Balaban J connectivity index is 1.82. The molecule has 3 rings (SSSR count). The highest BCUT2D eigenvalue weighted by atomic mass is 16.2. The van der Waals surface area contributed by atoms with Crippen LogP contribution < -0.4 is 10.6 Å². The second-order valence-corrected chi connectivity index (χ2v) is 7.23. The van der Waals surface area contributed by atoms with Gasteiger partial charge in [-0.25, -0.2) is 0 Å². The predicted molar refractivity (Wildman–Crippen MR) is 98.9 cm³/mol. The molecule has 7 nitrogen and oxygen atoms in total. The topological polar surface area (TPSA) is 95.6 Å². The Labute approximate surface area is 158 Å². The number of nitrogens with one attached hydrogen (secondary N) is 2. The summed E-state index contributed by atoms with van der Waals surface area (Å²) >= 11 is 0. The first-order valence-electron chi connectivity index (χ1n) is 9.48. The van der Waals surface area contributed by atoms with Crippen LogP contribution in [0.2, 0.25) is 0 Å². The van der Waals surface area contributed by atoms with E-state index in [0.29, 0.717) is 30.4 Å². The zero-order valence-corrected chi connectivity index (χ0v) is 15.7. The molecular weight excluding hydrogens is 346 g/mol. The summed E-state index contributed by atoms with van der Waals surface area (Å²) in [6, 6.07) is 5.54. The van der Waals surface area contributed by atoms with Crippen molar-refractivity contribution >= 4 is 23.6 Å². The molecule has 2 aliphatic heterocycles. The molecule has 2 heterocycles. The van der Waals surface area contributed by atoms with E-state index in [-0.39, 0.29) is 17.7 Å². The number of piperidine rings is 1. The van der Waals surface area contributed by atoms with Gasteiger partial charge in [-0.05, 0) is 44.0 Å². The summed E-state index contributed by atoms with van der Waals surface area (Å²) in [5.74, 6) is -2.37. The number of nitrogens with zero attached hydrogens (tertiary/aromatic N) is 1. The fraction of sp³-hybridized carbons (Fsp3) is 0.500. The van der Waals surface area contributed by atoms with Crippen molar-refractivity contribution in [1.29, 1.82) is 0 Å². The molecule has 2 aliphatic rings. The van der Waals surface area contributed by atoms with Gasteiger partial charge in [0.05, 0.1) is 11.1 Å². The minimum absolute atomic E-state index is 0.227. The molecule has 144 valence electrons. The van der Waals surface area contributed by atoms with Crippen LogP contribution in [0.5, 0.6) is 0 Å². The van der Waals surface area contributed by atoms with Crippen LogP contribution >= 0.6 is 0 Å². The fourth-order valence-electron chi connectivity index (χ4n) is 3.70. The molecule has 0 bridgehead atoms. The number of carbonyl (C=O) groups is 4. The molecule has 1 fully saturated rings. The maximum Gasteiger partial charge on any atom is 0.262 e. The standard InChI is InChI=1S/C20H25N3O4/c1-3-12(2)16(18(25)22-17(24)13-8-10-21-11-9-13)23-19(26)14-6-4-5-7-15(14)20(23)27/h4-7,12-13,16,21H,3,8-11H2,1-2H3,(H,22,24,25). The summed E-state index contributed by atoms with van der Waals surface area (Å²) < 4.78 is 0. The molecule has 0 radical (unpaired) electrons. The Kier molecular flexibility index (Phi) is 5.70. The number of hydrogen-bond acceptors (Lipinski definition) is 5. The molecule has 1 saturated heterocycles. The van der Waals surface area contributed by atoms with E-state index >= 15 is 0 Å². The van der Waals surface area contributed by atoms with Crippen molar-refractivity contribution in [2.45, 2.75) is 39.2 Å². The van der Waals surface area contributed by atoms with Gasteiger partial charge >= 0.3 is 0 Å². The van der Waals surface area contributed by atoms with E-state index in [4.69, 9.17) is 0 Å². The van der Waals surface area contributed by atoms with Crippen molar-refractivity contribution in [3.8, 4) is 0 Å². The molecule has 0 spiro atoms. The molecule has 1 aromatic rings. The largest absolute Gasteiger partial charge is 0.317 e. The van der Waals surface area contributed by atoms with Crippen LogP contribution in [0.4, 0.5) is 0 Å². The SMILES string of the molecule is CCC(C)C(C(=O)NC(=O)C1CCNCC1)N1C(=O)c2ccccc2C1=O. The number of imide groups is 2. The van der Waals surface area contributed by atoms with Crippen LogP contribution in [0, 0.1) is 11.8 Å². The monoisotopic (exact) mass is 371 g/mol. The highest BCUT2D eigenvalue weighted by molar-refractivity contribution is 6.23. The van der Waals surface area contributed by atoms with Crippen molar-refractivity contribution in [2.24, 2.45) is 11.8 Å². The lowest BCUT2D eigenvalue weighted by molar-refractivity contribution is -0.136. The van der Waals surface area contributed by atoms with E-state index in [9.17, 15) is 19.2 Å². The minimum atomic E-state index is -1.01. The quantitative estimate of drug-likeness (QED) is 0.762. The van der Waals surface area contributed by atoms with Gasteiger partial charge in [-0.1, -0.05) is 32.4 Å². The van der Waals surface area contributed by atoms with Gasteiger partial charge in [0.15, 0.2) is 0 Å². The van der Waals surface area contributed by atoms with Crippen LogP contribution in [0.1, 0.15) is 53.8 Å². The Bertz CT molecular complexity index is 735. The number of carbonyl (C=O) groups excluding carboxylic acids is 4. The Morgan fingerprint density at radius 2 is 1.70 bits per heavy atom. The number of fused-ring (bicyclic) bond motifs is 1. The molecule has 1 aromatic carbocycles. The maximum atomic E-state index is 12.9. The van der Waals surface area contributed by atoms with Gasteiger partial charge in [-0.15, -0.1) is 0 Å². The van der Waals surface area contributed by atoms with Gasteiger partial charge in [-0.3, -0.25) is 29.4 Å². The molecule has 7 heteroatoms. The molecule has 0 saturated carbocycles. The van der Waals surface area contributed by atoms with Crippen molar-refractivity contribution < 1.29 is 19.2 Å². The van der Waals surface area contributed by atoms with E-state index in [1.807, 2.05) is 13.8 Å². The van der Waals surface area contributed by atoms with Gasteiger partial charge in [0.1, 0.15) is 6.04 Å². The number of rotatable bonds is 5. The number of hydrogen-bond donors (Lipinski definition) is 2. The summed E-state index contributed by atoms with van der Waals surface area (Å²) in [7, 11) is 0. The third kappa shape index (κ3) is 3.64. The van der Waals surface area contributed by atoms with Crippen LogP contribution in [-0.2, 0) is 9.59 Å². The van der Waals surface area contributed by atoms with Crippen molar-refractivity contribution in [1.82, 2.24) is 15.5 Å². The first-order valence-corrected chi connectivity index (χ1v) is 9.48. The second-order valence-electron chi connectivity index (χ2n) is 7.23. The lowest BCUT2D eigenvalue weighted by Crippen LogP contribution is -2.55. The Hall–Kier alpha value is -2.54. The molecule has 2 N–H and O–H groups in total. The fourth-order valence-corrected chi connectivity index (χ4v) is 3.70. The van der Waals surface area contributed by atoms with Crippen LogP contribution in [0.15, 0.2) is 24.3 Å². The van der Waals surface area contributed by atoms with Gasteiger partial charge < -0.3 is 5.32 Å². The van der Waals surface area contributed by atoms with Gasteiger partial charge in [0, 0.05) is 5.92 Å². The lowest BCUT2D eigenvalue weighted by Gasteiger charge is -2.30. The van der Waals surface area contributed by atoms with E-state index < -0.39 is 23.8 Å². The summed E-state index contributed by atoms with van der Waals surface area (Å²) in [6.45, 7) is 5.17. The first kappa shape index (κ1) is 19.2. The van der Waals surface area contributed by atoms with Gasteiger partial charge in [-0.2, -0.15) is 0 Å². The summed E-state index contributed by atoms with van der Waals surface area (Å²) in [5.41, 5.74) is 0.599. The van der Waals surface area contributed by atoms with Crippen LogP contribution in [0.25, 0.3) is 0 Å². The summed E-state index contributed by atoms with van der Waals surface area (Å²) in [4.78, 5) is 52.0. The smallest absolute Gasteiger partial charge is 0.262 e. The molecule has 2 atom stereocenters. The average molecular weight is 371 g/mol. The van der Waals surface area contributed by atoms with Crippen molar-refractivity contribution in [3.05, 3.63) is 35.4 Å². The summed E-state index contributed by atoms with van der Waals surface area (Å²) in [5, 5.41) is 5.64. The Morgan fingerprint density at radius 3 is 2.22 bits per heavy atom. The number of benzene rings is 1. The average Bonchev–Trinajstić information content (AvgIpc) is 2.94. The third-order valence-electron chi connectivity index (χ3n) is 5.51. The van der Waals surface area contributed by atoms with E-state index in [1.165, 1.54) is 0 Å². The highest BCUT2D eigenvalue weighted by Crippen LogP contribution is 2.28. The lowest BCUT2D eigenvalue weighted by atomic mass is 9.94. The minimum Gasteiger partial charge on any atom is -0.317 e.